The van der Waals surface area contributed by atoms with Crippen LogP contribution in [0, 0.1) is 13.8 Å². The lowest BCUT2D eigenvalue weighted by Gasteiger charge is -2.16. The van der Waals surface area contributed by atoms with E-state index in [0.29, 0.717) is 10.8 Å². The van der Waals surface area contributed by atoms with E-state index in [2.05, 4.69) is 10.4 Å². The first-order valence-corrected chi connectivity index (χ1v) is 7.89. The van der Waals surface area contributed by atoms with Crippen molar-refractivity contribution in [3.05, 3.63) is 53.0 Å². The van der Waals surface area contributed by atoms with Crippen molar-refractivity contribution in [1.29, 1.82) is 0 Å². The summed E-state index contributed by atoms with van der Waals surface area (Å²) >= 11 is 5.35. The van der Waals surface area contributed by atoms with E-state index in [-0.39, 0.29) is 5.91 Å². The third kappa shape index (κ3) is 2.66. The fourth-order valence-corrected chi connectivity index (χ4v) is 2.94. The summed E-state index contributed by atoms with van der Waals surface area (Å²) in [5, 5.41) is 7.71. The zero-order valence-electron chi connectivity index (χ0n) is 13.3. The van der Waals surface area contributed by atoms with Gasteiger partial charge in [0.2, 0.25) is 0 Å². The van der Waals surface area contributed by atoms with Crippen LogP contribution in [0.2, 0.25) is 0 Å². The summed E-state index contributed by atoms with van der Waals surface area (Å²) in [7, 11) is 0. The van der Waals surface area contributed by atoms with Gasteiger partial charge in [0.25, 0.3) is 5.91 Å². The molecule has 0 atom stereocenters. The Labute approximate surface area is 140 Å². The number of benzene rings is 1. The summed E-state index contributed by atoms with van der Waals surface area (Å²) in [5.41, 5.74) is 4.21. The lowest BCUT2D eigenvalue weighted by atomic mass is 10.2. The van der Waals surface area contributed by atoms with E-state index >= 15 is 0 Å². The molecule has 1 aromatic heterocycles. The second-order valence-corrected chi connectivity index (χ2v) is 5.80. The highest BCUT2D eigenvalue weighted by Crippen LogP contribution is 2.25. The summed E-state index contributed by atoms with van der Waals surface area (Å²) in [6.45, 7) is 6.77. The van der Waals surface area contributed by atoms with Crippen molar-refractivity contribution in [2.75, 3.05) is 4.90 Å². The second-order valence-electron chi connectivity index (χ2n) is 5.42. The molecule has 1 saturated heterocycles. The van der Waals surface area contributed by atoms with Gasteiger partial charge >= 0.3 is 0 Å². The van der Waals surface area contributed by atoms with Crippen molar-refractivity contribution in [2.45, 2.75) is 27.3 Å². The Bertz CT molecular complexity index is 822. The van der Waals surface area contributed by atoms with Gasteiger partial charge in [-0.2, -0.15) is 5.10 Å². The molecule has 118 valence electrons. The molecule has 1 fully saturated rings. The Morgan fingerprint density at radius 3 is 2.70 bits per heavy atom. The lowest BCUT2D eigenvalue weighted by Crippen LogP contribution is -2.30. The summed E-state index contributed by atoms with van der Waals surface area (Å²) in [6, 6.07) is 7.69. The van der Waals surface area contributed by atoms with Gasteiger partial charge in [-0.05, 0) is 50.7 Å². The largest absolute Gasteiger partial charge is 0.327 e. The van der Waals surface area contributed by atoms with E-state index in [1.807, 2.05) is 49.7 Å². The van der Waals surface area contributed by atoms with Gasteiger partial charge in [0.15, 0.2) is 5.11 Å². The first-order chi connectivity index (χ1) is 11.0. The van der Waals surface area contributed by atoms with Crippen LogP contribution in [-0.2, 0) is 11.3 Å². The van der Waals surface area contributed by atoms with Gasteiger partial charge in [-0.1, -0.05) is 18.2 Å². The highest BCUT2D eigenvalue weighted by atomic mass is 32.1. The highest BCUT2D eigenvalue weighted by Gasteiger charge is 2.32. The summed E-state index contributed by atoms with van der Waals surface area (Å²) < 4.78 is 1.89. The molecule has 2 aromatic rings. The van der Waals surface area contributed by atoms with Gasteiger partial charge in [0.05, 0.1) is 11.9 Å². The van der Waals surface area contributed by atoms with E-state index in [1.54, 1.807) is 12.3 Å². The van der Waals surface area contributed by atoms with Crippen LogP contribution < -0.4 is 10.2 Å². The minimum atomic E-state index is -0.145. The minimum absolute atomic E-state index is 0.145. The second kappa shape index (κ2) is 5.96. The van der Waals surface area contributed by atoms with Gasteiger partial charge in [0.1, 0.15) is 5.70 Å². The number of nitrogens with zero attached hydrogens (tertiary/aromatic N) is 3. The smallest absolute Gasteiger partial charge is 0.281 e. The predicted octanol–water partition coefficient (Wildman–Crippen LogP) is 2.78. The molecule has 1 N–H and O–H groups in total. The number of thiocarbonyl (C=S) groups is 1. The molecule has 2 heterocycles. The zero-order chi connectivity index (χ0) is 16.6. The number of aryl methyl sites for hydroxylation is 2. The zero-order valence-corrected chi connectivity index (χ0v) is 14.1. The number of carbonyl (C=O) groups excluding carboxylic acids is 1. The molecule has 0 aliphatic carbocycles. The van der Waals surface area contributed by atoms with Crippen molar-refractivity contribution in [3.8, 4) is 0 Å². The molecule has 1 aromatic carbocycles. The number of aromatic nitrogens is 2. The van der Waals surface area contributed by atoms with Crippen LogP contribution in [0.1, 0.15) is 23.7 Å². The molecule has 0 unspecified atom stereocenters. The molecule has 0 saturated carbocycles. The fourth-order valence-electron chi connectivity index (χ4n) is 2.65. The van der Waals surface area contributed by atoms with Crippen LogP contribution in [-0.4, -0.2) is 20.8 Å². The molecule has 0 bridgehead atoms. The Morgan fingerprint density at radius 1 is 1.30 bits per heavy atom. The number of hydrogen-bond acceptors (Lipinski definition) is 3. The Hall–Kier alpha value is -2.47. The highest BCUT2D eigenvalue weighted by molar-refractivity contribution is 7.80. The van der Waals surface area contributed by atoms with Crippen LogP contribution in [0.15, 0.2) is 36.2 Å². The average Bonchev–Trinajstić information content (AvgIpc) is 3.01. The fraction of sp³-hybridized carbons (Fsp3) is 0.235. The molecule has 0 spiro atoms. The van der Waals surface area contributed by atoms with Crippen molar-refractivity contribution < 1.29 is 4.79 Å². The molecule has 23 heavy (non-hydrogen) atoms. The average molecular weight is 326 g/mol. The van der Waals surface area contributed by atoms with E-state index in [9.17, 15) is 4.79 Å². The molecule has 1 aliphatic rings. The Kier molecular flexibility index (Phi) is 4.00. The van der Waals surface area contributed by atoms with Crippen LogP contribution in [0.25, 0.3) is 6.08 Å². The molecule has 1 amide bonds. The van der Waals surface area contributed by atoms with E-state index in [4.69, 9.17) is 12.2 Å². The third-order valence-corrected chi connectivity index (χ3v) is 4.26. The first kappa shape index (κ1) is 15.4. The monoisotopic (exact) mass is 326 g/mol. The molecule has 5 nitrogen and oxygen atoms in total. The van der Waals surface area contributed by atoms with Gasteiger partial charge in [-0.25, -0.2) is 0 Å². The number of hydrogen-bond donors (Lipinski definition) is 1. The van der Waals surface area contributed by atoms with Crippen LogP contribution in [0.5, 0.6) is 0 Å². The Balaban J connectivity index is 1.97. The lowest BCUT2D eigenvalue weighted by molar-refractivity contribution is -0.113. The summed E-state index contributed by atoms with van der Waals surface area (Å²) in [6.07, 6.45) is 3.57. The Morgan fingerprint density at radius 2 is 2.04 bits per heavy atom. The van der Waals surface area contributed by atoms with Crippen molar-refractivity contribution in [3.63, 3.8) is 0 Å². The molecule has 3 rings (SSSR count). The van der Waals surface area contributed by atoms with Gasteiger partial charge in [-0.3, -0.25) is 14.4 Å². The predicted molar refractivity (Wildman–Crippen MR) is 95.0 cm³/mol. The molecule has 6 heteroatoms. The van der Waals surface area contributed by atoms with E-state index in [0.717, 1.165) is 29.1 Å². The van der Waals surface area contributed by atoms with Gasteiger partial charge < -0.3 is 5.32 Å². The molecular formula is C17H18N4OS. The quantitative estimate of drug-likeness (QED) is 0.696. The topological polar surface area (TPSA) is 50.2 Å². The first-order valence-electron chi connectivity index (χ1n) is 7.48. The van der Waals surface area contributed by atoms with Crippen LogP contribution >= 0.6 is 12.2 Å². The molecule has 0 radical (unpaired) electrons. The van der Waals surface area contributed by atoms with Crippen LogP contribution in [0.3, 0.4) is 0 Å². The van der Waals surface area contributed by atoms with E-state index < -0.39 is 0 Å². The van der Waals surface area contributed by atoms with Gasteiger partial charge in [0, 0.05) is 17.8 Å². The molecule has 1 aliphatic heterocycles. The normalized spacial score (nSPS) is 16.3. The van der Waals surface area contributed by atoms with Crippen LogP contribution in [0.4, 0.5) is 5.69 Å². The van der Waals surface area contributed by atoms with E-state index in [1.165, 1.54) is 4.90 Å². The number of nitrogens with one attached hydrogen (secondary N) is 1. The SMILES string of the molecule is CCn1ncc(/C=C2/NC(=S)N(c3ccccc3C)C2=O)c1C. The third-order valence-electron chi connectivity index (χ3n) is 3.98. The molecular weight excluding hydrogens is 308 g/mol. The number of para-hydroxylation sites is 1. The maximum Gasteiger partial charge on any atom is 0.281 e. The van der Waals surface area contributed by atoms with Crippen molar-refractivity contribution in [2.24, 2.45) is 0 Å². The van der Waals surface area contributed by atoms with Crippen molar-refractivity contribution in [1.82, 2.24) is 15.1 Å². The summed E-state index contributed by atoms with van der Waals surface area (Å²) in [4.78, 5) is 14.3. The maximum atomic E-state index is 12.7. The number of anilines is 1. The summed E-state index contributed by atoms with van der Waals surface area (Å²) in [5.74, 6) is -0.145. The standard InChI is InChI=1S/C17H18N4OS/c1-4-20-12(3)13(10-18-20)9-14-16(22)21(17(23)19-14)15-8-6-5-7-11(15)2/h5-10H,4H2,1-3H3,(H,19,23)/b14-9+. The van der Waals surface area contributed by atoms with Crippen molar-refractivity contribution >= 4 is 35.0 Å². The van der Waals surface area contributed by atoms with Gasteiger partial charge in [-0.15, -0.1) is 0 Å². The minimum Gasteiger partial charge on any atom is -0.327 e. The number of rotatable bonds is 3. The number of carbonyl (C=O) groups is 1. The maximum absolute atomic E-state index is 12.7. The number of amides is 1.